The van der Waals surface area contributed by atoms with Crippen molar-refractivity contribution >= 4 is 11.9 Å². The summed E-state index contributed by atoms with van der Waals surface area (Å²) in [7, 11) is 0. The van der Waals surface area contributed by atoms with E-state index < -0.39 is 23.9 Å². The zero-order chi connectivity index (χ0) is 24.3. The molecule has 0 aromatic heterocycles. The first kappa shape index (κ1) is 30.7. The van der Waals surface area contributed by atoms with Crippen LogP contribution in [-0.2, 0) is 47.5 Å². The van der Waals surface area contributed by atoms with Crippen LogP contribution in [0.2, 0.25) is 0 Å². The van der Waals surface area contributed by atoms with Crippen molar-refractivity contribution in [3.05, 3.63) is 0 Å². The molecule has 0 aromatic carbocycles. The topological polar surface area (TPSA) is 108 Å². The fourth-order valence-corrected chi connectivity index (χ4v) is 2.75. The highest BCUT2D eigenvalue weighted by Crippen LogP contribution is 2.20. The molecule has 0 saturated heterocycles. The largest absolute Gasteiger partial charge is 0.406 e. The van der Waals surface area contributed by atoms with Gasteiger partial charge in [-0.1, -0.05) is 0 Å². The van der Waals surface area contributed by atoms with Crippen LogP contribution in [0.15, 0.2) is 0 Å². The van der Waals surface area contributed by atoms with Crippen molar-refractivity contribution in [2.45, 2.75) is 79.2 Å². The Morgan fingerprint density at radius 2 is 0.844 bits per heavy atom. The number of hydrogen-bond acceptors (Lipinski definition) is 10. The first-order chi connectivity index (χ1) is 15.4. The number of unbranched alkanes of at least 4 members (excludes halogenated alkanes) is 1. The van der Waals surface area contributed by atoms with Gasteiger partial charge in [0.2, 0.25) is 0 Å². The Labute approximate surface area is 192 Å². The minimum atomic E-state index is -1.57. The quantitative estimate of drug-likeness (QED) is 0.142. The van der Waals surface area contributed by atoms with Crippen LogP contribution >= 0.6 is 0 Å². The molecule has 0 atom stereocenters. The number of hydrogen-bond donors (Lipinski definition) is 0. The van der Waals surface area contributed by atoms with Gasteiger partial charge in [-0.05, 0) is 54.4 Å². The minimum Gasteiger partial charge on any atom is -0.406 e. The lowest BCUT2D eigenvalue weighted by molar-refractivity contribution is -0.376. The summed E-state index contributed by atoms with van der Waals surface area (Å²) < 4.78 is 43.6. The molecule has 190 valence electrons. The molecule has 0 saturated carbocycles. The number of carbonyl (C=O) groups is 2. The Kier molecular flexibility index (Phi) is 17.4. The number of ether oxygens (including phenoxy) is 8. The number of esters is 2. The van der Waals surface area contributed by atoms with Gasteiger partial charge in [0.15, 0.2) is 0 Å². The molecule has 0 rings (SSSR count). The summed E-state index contributed by atoms with van der Waals surface area (Å²) in [5.74, 6) is -4.14. The van der Waals surface area contributed by atoms with Crippen LogP contribution in [0.4, 0.5) is 0 Å². The third-order valence-electron chi connectivity index (χ3n) is 3.97. The highest BCUT2D eigenvalue weighted by Gasteiger charge is 2.38. The van der Waals surface area contributed by atoms with Gasteiger partial charge in [-0.2, -0.15) is 0 Å². The summed E-state index contributed by atoms with van der Waals surface area (Å²) >= 11 is 0. The van der Waals surface area contributed by atoms with Crippen LogP contribution in [0.5, 0.6) is 0 Å². The molecule has 10 heteroatoms. The van der Waals surface area contributed by atoms with Crippen molar-refractivity contribution in [3.8, 4) is 0 Å². The highest BCUT2D eigenvalue weighted by molar-refractivity contribution is 5.71. The lowest BCUT2D eigenvalue weighted by Crippen LogP contribution is -2.46. The summed E-state index contributed by atoms with van der Waals surface area (Å²) in [6.07, 6.45) is 1.00. The van der Waals surface area contributed by atoms with E-state index in [0.29, 0.717) is 26.1 Å². The molecule has 0 aliphatic carbocycles. The molecule has 0 fully saturated rings. The van der Waals surface area contributed by atoms with E-state index in [0.717, 1.165) is 0 Å². The van der Waals surface area contributed by atoms with Gasteiger partial charge in [-0.15, -0.1) is 0 Å². The van der Waals surface area contributed by atoms with Crippen molar-refractivity contribution in [3.63, 3.8) is 0 Å². The van der Waals surface area contributed by atoms with E-state index in [9.17, 15) is 9.59 Å². The SMILES string of the molecule is CCOCC(OCC)(OCC)OC(=O)CCCCC(=O)OC(COCC)(OCC)OCC. The van der Waals surface area contributed by atoms with Crippen molar-refractivity contribution in [1.82, 2.24) is 0 Å². The van der Waals surface area contributed by atoms with Crippen LogP contribution in [-0.4, -0.2) is 76.7 Å². The summed E-state index contributed by atoms with van der Waals surface area (Å²) in [5, 5.41) is 0. The van der Waals surface area contributed by atoms with E-state index in [1.165, 1.54) is 0 Å². The average molecular weight is 467 g/mol. The molecule has 0 N–H and O–H groups in total. The van der Waals surface area contributed by atoms with Crippen LogP contribution < -0.4 is 0 Å². The lowest BCUT2D eigenvalue weighted by Gasteiger charge is -2.31. The van der Waals surface area contributed by atoms with Gasteiger partial charge in [0.05, 0.1) is 26.4 Å². The molecule has 0 amide bonds. The highest BCUT2D eigenvalue weighted by atomic mass is 16.9. The normalized spacial score (nSPS) is 12.1. The Hall–Kier alpha value is -1.30. The molecular weight excluding hydrogens is 424 g/mol. The molecule has 32 heavy (non-hydrogen) atoms. The smallest absolute Gasteiger partial charge is 0.353 e. The maximum Gasteiger partial charge on any atom is 0.353 e. The number of rotatable bonds is 21. The minimum absolute atomic E-state index is 0.0278. The summed E-state index contributed by atoms with van der Waals surface area (Å²) in [5.41, 5.74) is 0. The summed E-state index contributed by atoms with van der Waals surface area (Å²) in [6.45, 7) is 12.7. The van der Waals surface area contributed by atoms with Crippen molar-refractivity contribution in [2.75, 3.05) is 52.9 Å². The average Bonchev–Trinajstić information content (AvgIpc) is 2.74. The summed E-state index contributed by atoms with van der Waals surface area (Å²) in [6, 6.07) is 0. The van der Waals surface area contributed by atoms with Gasteiger partial charge in [-0.25, -0.2) is 0 Å². The van der Waals surface area contributed by atoms with Gasteiger partial charge in [0.1, 0.15) is 13.2 Å². The van der Waals surface area contributed by atoms with E-state index in [1.807, 2.05) is 13.8 Å². The predicted molar refractivity (Wildman–Crippen MR) is 116 cm³/mol. The predicted octanol–water partition coefficient (Wildman–Crippen LogP) is 3.16. The third kappa shape index (κ3) is 12.7. The van der Waals surface area contributed by atoms with Crippen molar-refractivity contribution < 1.29 is 47.5 Å². The van der Waals surface area contributed by atoms with Gasteiger partial charge < -0.3 is 37.9 Å². The van der Waals surface area contributed by atoms with Crippen LogP contribution in [0.3, 0.4) is 0 Å². The Balaban J connectivity index is 4.66. The van der Waals surface area contributed by atoms with E-state index in [-0.39, 0.29) is 52.5 Å². The maximum absolute atomic E-state index is 12.3. The molecule has 0 aliphatic heterocycles. The first-order valence-electron chi connectivity index (χ1n) is 11.5. The van der Waals surface area contributed by atoms with Crippen molar-refractivity contribution in [2.24, 2.45) is 0 Å². The maximum atomic E-state index is 12.3. The second-order valence-corrected chi connectivity index (χ2v) is 6.53. The fourth-order valence-electron chi connectivity index (χ4n) is 2.75. The Morgan fingerprint density at radius 1 is 0.531 bits per heavy atom. The molecule has 0 bridgehead atoms. The zero-order valence-corrected chi connectivity index (χ0v) is 20.6. The second kappa shape index (κ2) is 18.2. The van der Waals surface area contributed by atoms with Gasteiger partial charge in [-0.3, -0.25) is 9.59 Å². The monoisotopic (exact) mass is 466 g/mol. The van der Waals surface area contributed by atoms with E-state index >= 15 is 0 Å². The van der Waals surface area contributed by atoms with Crippen LogP contribution in [0, 0.1) is 0 Å². The molecule has 0 aliphatic rings. The Morgan fingerprint density at radius 3 is 1.09 bits per heavy atom. The van der Waals surface area contributed by atoms with Crippen LogP contribution in [0.25, 0.3) is 0 Å². The van der Waals surface area contributed by atoms with Gasteiger partial charge in [0.25, 0.3) is 0 Å². The van der Waals surface area contributed by atoms with Gasteiger partial charge >= 0.3 is 23.9 Å². The number of carbonyl (C=O) groups excluding carboxylic acids is 2. The third-order valence-corrected chi connectivity index (χ3v) is 3.97. The van der Waals surface area contributed by atoms with E-state index in [2.05, 4.69) is 0 Å². The molecule has 10 nitrogen and oxygen atoms in total. The van der Waals surface area contributed by atoms with Crippen molar-refractivity contribution in [1.29, 1.82) is 0 Å². The molecule has 0 heterocycles. The molecule has 0 unspecified atom stereocenters. The molecule has 0 radical (unpaired) electrons. The molecule has 0 aromatic rings. The van der Waals surface area contributed by atoms with Crippen LogP contribution in [0.1, 0.15) is 67.2 Å². The molecular formula is C22H42O10. The Bertz CT molecular complexity index is 441. The lowest BCUT2D eigenvalue weighted by atomic mass is 10.2. The zero-order valence-electron chi connectivity index (χ0n) is 20.6. The molecule has 0 spiro atoms. The fraction of sp³-hybridized carbons (Fsp3) is 0.909. The van der Waals surface area contributed by atoms with E-state index in [1.54, 1.807) is 27.7 Å². The first-order valence-corrected chi connectivity index (χ1v) is 11.5. The second-order valence-electron chi connectivity index (χ2n) is 6.53. The summed E-state index contributed by atoms with van der Waals surface area (Å²) in [4.78, 5) is 24.6. The van der Waals surface area contributed by atoms with E-state index in [4.69, 9.17) is 37.9 Å². The van der Waals surface area contributed by atoms with Gasteiger partial charge in [0, 0.05) is 26.1 Å². The standard InChI is InChI=1S/C22H42O10/c1-7-25-17-21(27-9-3,28-10-4)31-19(23)15-13-14-16-20(24)32-22(29-11-5,30-12-6)18-26-8-2/h7-18H2,1-6H3.